The summed E-state index contributed by atoms with van der Waals surface area (Å²) in [4.78, 5) is 11.1. The Morgan fingerprint density at radius 2 is 2.14 bits per heavy atom. The monoisotopic (exact) mass is 220 g/mol. The fourth-order valence-electron chi connectivity index (χ4n) is 0.913. The van der Waals surface area contributed by atoms with Gasteiger partial charge in [0.05, 0.1) is 17.2 Å². The number of ether oxygens (including phenoxy) is 1. The number of hydrogen-bond donors (Lipinski definition) is 0. The molecule has 0 spiro atoms. The van der Waals surface area contributed by atoms with E-state index in [2.05, 4.69) is 4.74 Å². The van der Waals surface area contributed by atoms with Gasteiger partial charge in [-0.15, -0.1) is 0 Å². The van der Waals surface area contributed by atoms with Crippen molar-refractivity contribution in [2.45, 2.75) is 6.92 Å². The van der Waals surface area contributed by atoms with Crippen LogP contribution in [0.15, 0.2) is 12.1 Å². The maximum atomic E-state index is 12.9. The van der Waals surface area contributed by atoms with Crippen LogP contribution in [0.2, 0.25) is 5.02 Å². The van der Waals surface area contributed by atoms with Crippen LogP contribution in [-0.4, -0.2) is 12.6 Å². The van der Waals surface area contributed by atoms with Crippen molar-refractivity contribution in [2.24, 2.45) is 0 Å². The minimum absolute atomic E-state index is 0.118. The highest BCUT2D eigenvalue weighted by Crippen LogP contribution is 2.22. The summed E-state index contributed by atoms with van der Waals surface area (Å²) in [5.41, 5.74) is -0.300. The third kappa shape index (κ3) is 2.20. The van der Waals surface area contributed by atoms with Crippen LogP contribution < -0.4 is 0 Å². The van der Waals surface area contributed by atoms with E-state index in [0.717, 1.165) is 6.07 Å². The average molecular weight is 221 g/mol. The number of rotatable bonds is 2. The molecule has 76 valence electrons. The van der Waals surface area contributed by atoms with Gasteiger partial charge < -0.3 is 4.74 Å². The van der Waals surface area contributed by atoms with E-state index in [9.17, 15) is 13.6 Å². The quantitative estimate of drug-likeness (QED) is 0.566. The molecule has 1 aromatic rings. The summed E-state index contributed by atoms with van der Waals surface area (Å²) >= 11 is 5.45. The fourth-order valence-corrected chi connectivity index (χ4v) is 1.10. The Kier molecular flexibility index (Phi) is 3.41. The second-order valence-electron chi connectivity index (χ2n) is 2.47. The molecule has 0 heterocycles. The molecule has 14 heavy (non-hydrogen) atoms. The summed E-state index contributed by atoms with van der Waals surface area (Å²) in [5, 5.41) is -0.426. The van der Waals surface area contributed by atoms with E-state index in [1.165, 1.54) is 0 Å². The molecule has 5 heteroatoms. The molecule has 0 N–H and O–H groups in total. The van der Waals surface area contributed by atoms with Gasteiger partial charge in [0.25, 0.3) is 0 Å². The molecule has 0 aromatic heterocycles. The van der Waals surface area contributed by atoms with Crippen LogP contribution in [0.25, 0.3) is 0 Å². The Morgan fingerprint density at radius 3 is 2.71 bits per heavy atom. The predicted molar refractivity (Wildman–Crippen MR) is 47.3 cm³/mol. The number of esters is 1. The van der Waals surface area contributed by atoms with Crippen LogP contribution in [0.4, 0.5) is 8.78 Å². The zero-order valence-corrected chi connectivity index (χ0v) is 8.07. The minimum Gasteiger partial charge on any atom is -0.462 e. The zero-order chi connectivity index (χ0) is 10.7. The number of halogens is 3. The molecule has 0 saturated heterocycles. The molecule has 0 radical (unpaired) electrons. The Bertz CT molecular complexity index is 366. The standard InChI is InChI=1S/C9H7ClF2O2/c1-2-14-9(13)6-3-5(11)4-7(12)8(6)10/h3-4H,2H2,1H3. The molecule has 0 aliphatic rings. The largest absolute Gasteiger partial charge is 0.462 e. The van der Waals surface area contributed by atoms with E-state index < -0.39 is 22.6 Å². The third-order valence-corrected chi connectivity index (χ3v) is 1.87. The number of hydrogen-bond acceptors (Lipinski definition) is 2. The smallest absolute Gasteiger partial charge is 0.339 e. The first-order chi connectivity index (χ1) is 6.56. The van der Waals surface area contributed by atoms with Gasteiger partial charge in [0.2, 0.25) is 0 Å². The molecule has 0 unspecified atom stereocenters. The van der Waals surface area contributed by atoms with E-state index >= 15 is 0 Å². The van der Waals surface area contributed by atoms with Crippen molar-refractivity contribution >= 4 is 17.6 Å². The van der Waals surface area contributed by atoms with Gasteiger partial charge in [0, 0.05) is 6.07 Å². The SMILES string of the molecule is CCOC(=O)c1cc(F)cc(F)c1Cl. The molecule has 0 bridgehead atoms. The van der Waals surface area contributed by atoms with Crippen LogP contribution >= 0.6 is 11.6 Å². The summed E-state index contributed by atoms with van der Waals surface area (Å²) < 4.78 is 30.1. The normalized spacial score (nSPS) is 10.0. The molecule has 2 nitrogen and oxygen atoms in total. The van der Waals surface area contributed by atoms with Gasteiger partial charge in [0.1, 0.15) is 11.6 Å². The van der Waals surface area contributed by atoms with Crippen LogP contribution in [0, 0.1) is 11.6 Å². The van der Waals surface area contributed by atoms with Crippen molar-refractivity contribution in [1.29, 1.82) is 0 Å². The Balaban J connectivity index is 3.13. The van der Waals surface area contributed by atoms with Gasteiger partial charge in [-0.1, -0.05) is 11.6 Å². The van der Waals surface area contributed by atoms with Gasteiger partial charge in [-0.25, -0.2) is 13.6 Å². The van der Waals surface area contributed by atoms with Crippen LogP contribution in [0.5, 0.6) is 0 Å². The Morgan fingerprint density at radius 1 is 1.50 bits per heavy atom. The molecule has 1 aromatic carbocycles. The lowest BCUT2D eigenvalue weighted by Crippen LogP contribution is -2.06. The second kappa shape index (κ2) is 4.37. The number of carbonyl (C=O) groups excluding carboxylic acids is 1. The lowest BCUT2D eigenvalue weighted by atomic mass is 10.2. The van der Waals surface area contributed by atoms with Crippen LogP contribution in [0.1, 0.15) is 17.3 Å². The number of carbonyl (C=O) groups is 1. The molecular weight excluding hydrogens is 214 g/mol. The lowest BCUT2D eigenvalue weighted by molar-refractivity contribution is 0.0525. The van der Waals surface area contributed by atoms with E-state index in [4.69, 9.17) is 11.6 Å². The van der Waals surface area contributed by atoms with Gasteiger partial charge in [-0.2, -0.15) is 0 Å². The van der Waals surface area contributed by atoms with Crippen molar-refractivity contribution in [2.75, 3.05) is 6.61 Å². The first-order valence-corrected chi connectivity index (χ1v) is 4.25. The summed E-state index contributed by atoms with van der Waals surface area (Å²) in [6.45, 7) is 1.70. The minimum atomic E-state index is -0.977. The van der Waals surface area contributed by atoms with E-state index in [-0.39, 0.29) is 12.2 Å². The van der Waals surface area contributed by atoms with Crippen LogP contribution in [-0.2, 0) is 4.74 Å². The van der Waals surface area contributed by atoms with Gasteiger partial charge in [0.15, 0.2) is 0 Å². The van der Waals surface area contributed by atoms with E-state index in [1.54, 1.807) is 6.92 Å². The van der Waals surface area contributed by atoms with Gasteiger partial charge >= 0.3 is 5.97 Å². The second-order valence-corrected chi connectivity index (χ2v) is 2.85. The average Bonchev–Trinajstić information content (AvgIpc) is 2.11. The molecule has 0 amide bonds. The topological polar surface area (TPSA) is 26.3 Å². The first kappa shape index (κ1) is 10.9. The lowest BCUT2D eigenvalue weighted by Gasteiger charge is -2.04. The van der Waals surface area contributed by atoms with Crippen molar-refractivity contribution in [1.82, 2.24) is 0 Å². The van der Waals surface area contributed by atoms with E-state index in [0.29, 0.717) is 6.07 Å². The highest BCUT2D eigenvalue weighted by Gasteiger charge is 2.16. The Hall–Kier alpha value is -1.16. The molecular formula is C9H7ClF2O2. The molecule has 0 aliphatic carbocycles. The molecule has 0 aliphatic heterocycles. The zero-order valence-electron chi connectivity index (χ0n) is 7.31. The van der Waals surface area contributed by atoms with Crippen molar-refractivity contribution in [3.8, 4) is 0 Å². The summed E-state index contributed by atoms with van der Waals surface area (Å²) in [6, 6.07) is 1.44. The molecule has 0 fully saturated rings. The van der Waals surface area contributed by atoms with Gasteiger partial charge in [-0.3, -0.25) is 0 Å². The predicted octanol–water partition coefficient (Wildman–Crippen LogP) is 2.79. The molecule has 0 atom stereocenters. The maximum Gasteiger partial charge on any atom is 0.339 e. The van der Waals surface area contributed by atoms with Crippen molar-refractivity contribution < 1.29 is 18.3 Å². The highest BCUT2D eigenvalue weighted by molar-refractivity contribution is 6.33. The molecule has 0 saturated carbocycles. The Labute approximate surface area is 84.4 Å². The fraction of sp³-hybridized carbons (Fsp3) is 0.222. The van der Waals surface area contributed by atoms with Crippen LogP contribution in [0.3, 0.4) is 0 Å². The molecule has 1 rings (SSSR count). The summed E-state index contributed by atoms with van der Waals surface area (Å²) in [7, 11) is 0. The van der Waals surface area contributed by atoms with Gasteiger partial charge in [-0.05, 0) is 13.0 Å². The highest BCUT2D eigenvalue weighted by atomic mass is 35.5. The maximum absolute atomic E-state index is 12.9. The van der Waals surface area contributed by atoms with Crippen molar-refractivity contribution in [3.05, 3.63) is 34.4 Å². The number of benzene rings is 1. The third-order valence-electron chi connectivity index (χ3n) is 1.49. The summed E-state index contributed by atoms with van der Waals surface area (Å²) in [5.74, 6) is -2.68. The van der Waals surface area contributed by atoms with Crippen molar-refractivity contribution in [3.63, 3.8) is 0 Å². The van der Waals surface area contributed by atoms with E-state index in [1.807, 2.05) is 0 Å². The first-order valence-electron chi connectivity index (χ1n) is 3.88. The summed E-state index contributed by atoms with van der Waals surface area (Å²) in [6.07, 6.45) is 0.